The second kappa shape index (κ2) is 8.78. The number of fused-ring (bicyclic) bond motifs is 1. The molecule has 3 heterocycles. The molecule has 7 heteroatoms. The highest BCUT2D eigenvalue weighted by molar-refractivity contribution is 6.02. The largest absolute Gasteiger partial charge is 0.340 e. The van der Waals surface area contributed by atoms with Crippen LogP contribution in [-0.4, -0.2) is 21.2 Å². The Hall–Kier alpha value is -4.13. The van der Waals surface area contributed by atoms with Gasteiger partial charge >= 0.3 is 0 Å². The van der Waals surface area contributed by atoms with E-state index in [0.29, 0.717) is 17.0 Å². The van der Waals surface area contributed by atoms with Gasteiger partial charge in [0.2, 0.25) is 0 Å². The van der Waals surface area contributed by atoms with Gasteiger partial charge in [-0.15, -0.1) is 0 Å². The molecule has 0 amide bonds. The summed E-state index contributed by atoms with van der Waals surface area (Å²) in [6, 6.07) is 19.6. The third-order valence-corrected chi connectivity index (χ3v) is 5.39. The Balaban J connectivity index is 1.71. The summed E-state index contributed by atoms with van der Waals surface area (Å²) in [7, 11) is 0. The van der Waals surface area contributed by atoms with E-state index in [0.717, 1.165) is 27.9 Å². The number of rotatable bonds is 6. The van der Waals surface area contributed by atoms with Crippen molar-refractivity contribution in [1.29, 1.82) is 0 Å². The highest BCUT2D eigenvalue weighted by Gasteiger charge is 2.21. The summed E-state index contributed by atoms with van der Waals surface area (Å²) in [6.07, 6.45) is 3.32. The summed E-state index contributed by atoms with van der Waals surface area (Å²) in [5.74, 6) is -0.191. The zero-order valence-corrected chi connectivity index (χ0v) is 17.5. The van der Waals surface area contributed by atoms with Crippen LogP contribution in [0.3, 0.4) is 0 Å². The lowest BCUT2D eigenvalue weighted by Gasteiger charge is -2.13. The molecule has 1 N–H and O–H groups in total. The number of nitrogens with zero attached hydrogens (tertiary/aromatic N) is 3. The van der Waals surface area contributed by atoms with Gasteiger partial charge < -0.3 is 9.88 Å². The molecule has 0 spiro atoms. The van der Waals surface area contributed by atoms with Gasteiger partial charge in [-0.1, -0.05) is 18.2 Å². The van der Waals surface area contributed by atoms with E-state index in [1.54, 1.807) is 42.7 Å². The SMILES string of the molecule is FCCn1c(-c2ccnc(Nc3cccc(F)c3)c2)c(-c2ccc(F)cc2)c2ncccc21. The molecule has 0 radical (unpaired) electrons. The Kier molecular flexibility index (Phi) is 5.52. The summed E-state index contributed by atoms with van der Waals surface area (Å²) < 4.78 is 42.7. The Labute approximate surface area is 188 Å². The first-order valence-corrected chi connectivity index (χ1v) is 10.4. The summed E-state index contributed by atoms with van der Waals surface area (Å²) in [5, 5.41) is 3.11. The molecule has 0 aliphatic carbocycles. The van der Waals surface area contributed by atoms with Gasteiger partial charge in [0.05, 0.1) is 23.3 Å². The number of hydrogen-bond donors (Lipinski definition) is 1. The van der Waals surface area contributed by atoms with E-state index in [1.165, 1.54) is 24.3 Å². The number of hydrogen-bond acceptors (Lipinski definition) is 3. The highest BCUT2D eigenvalue weighted by Crippen LogP contribution is 2.40. The molecule has 33 heavy (non-hydrogen) atoms. The molecule has 0 fully saturated rings. The predicted molar refractivity (Wildman–Crippen MR) is 124 cm³/mol. The number of aryl methyl sites for hydroxylation is 1. The lowest BCUT2D eigenvalue weighted by atomic mass is 10.0. The highest BCUT2D eigenvalue weighted by atomic mass is 19.1. The molecule has 0 bridgehead atoms. The normalized spacial score (nSPS) is 11.1. The lowest BCUT2D eigenvalue weighted by molar-refractivity contribution is 0.452. The molecule has 0 atom stereocenters. The van der Waals surface area contributed by atoms with Gasteiger partial charge in [-0.2, -0.15) is 0 Å². The molecule has 5 aromatic rings. The standard InChI is InChI=1S/C26H19F3N4/c27-11-14-33-22-5-2-12-31-25(22)24(17-6-8-19(28)9-7-17)26(33)18-10-13-30-23(15-18)32-21-4-1-3-20(29)16-21/h1-10,12-13,15-16H,11,14H2,(H,30,32). The number of benzene rings is 2. The average Bonchev–Trinajstić information content (AvgIpc) is 3.14. The van der Waals surface area contributed by atoms with Crippen LogP contribution in [0.5, 0.6) is 0 Å². The number of nitrogens with one attached hydrogen (secondary N) is 1. The van der Waals surface area contributed by atoms with Crippen LogP contribution in [-0.2, 0) is 6.54 Å². The van der Waals surface area contributed by atoms with Crippen molar-refractivity contribution in [2.45, 2.75) is 6.54 Å². The number of aromatic nitrogens is 3. The van der Waals surface area contributed by atoms with E-state index in [4.69, 9.17) is 0 Å². The van der Waals surface area contributed by atoms with Gasteiger partial charge in [0.1, 0.15) is 24.1 Å². The van der Waals surface area contributed by atoms with Crippen LogP contribution in [0.15, 0.2) is 85.2 Å². The zero-order chi connectivity index (χ0) is 22.8. The van der Waals surface area contributed by atoms with E-state index >= 15 is 0 Å². The molecule has 5 rings (SSSR count). The summed E-state index contributed by atoms with van der Waals surface area (Å²) in [4.78, 5) is 8.91. The molecular weight excluding hydrogens is 425 g/mol. The van der Waals surface area contributed by atoms with Crippen molar-refractivity contribution in [3.8, 4) is 22.4 Å². The van der Waals surface area contributed by atoms with Crippen molar-refractivity contribution in [3.05, 3.63) is 96.8 Å². The van der Waals surface area contributed by atoms with Gasteiger partial charge in [0.25, 0.3) is 0 Å². The van der Waals surface area contributed by atoms with E-state index in [1.807, 2.05) is 22.8 Å². The van der Waals surface area contributed by atoms with Gasteiger partial charge in [-0.25, -0.2) is 18.2 Å². The molecule has 0 saturated heterocycles. The Morgan fingerprint density at radius 1 is 0.788 bits per heavy atom. The summed E-state index contributed by atoms with van der Waals surface area (Å²) in [5.41, 5.74) is 5.10. The van der Waals surface area contributed by atoms with Crippen LogP contribution in [0, 0.1) is 11.6 Å². The van der Waals surface area contributed by atoms with Crippen LogP contribution in [0.25, 0.3) is 33.4 Å². The maximum Gasteiger partial charge on any atom is 0.130 e. The Bertz CT molecular complexity index is 1430. The van der Waals surface area contributed by atoms with Crippen molar-refractivity contribution in [3.63, 3.8) is 0 Å². The maximum absolute atomic E-state index is 13.6. The molecule has 4 nitrogen and oxygen atoms in total. The van der Waals surface area contributed by atoms with Crippen molar-refractivity contribution in [2.75, 3.05) is 12.0 Å². The van der Waals surface area contributed by atoms with Crippen molar-refractivity contribution < 1.29 is 13.2 Å². The maximum atomic E-state index is 13.6. The first kappa shape index (κ1) is 20.8. The topological polar surface area (TPSA) is 42.7 Å². The van der Waals surface area contributed by atoms with Crippen LogP contribution in [0.2, 0.25) is 0 Å². The van der Waals surface area contributed by atoms with Gasteiger partial charge in [-0.05, 0) is 60.2 Å². The second-order valence-electron chi connectivity index (χ2n) is 7.51. The van der Waals surface area contributed by atoms with Crippen LogP contribution >= 0.6 is 0 Å². The molecule has 3 aromatic heterocycles. The Morgan fingerprint density at radius 3 is 2.42 bits per heavy atom. The fourth-order valence-corrected chi connectivity index (χ4v) is 4.04. The fourth-order valence-electron chi connectivity index (χ4n) is 4.04. The monoisotopic (exact) mass is 444 g/mol. The first-order chi connectivity index (χ1) is 16.1. The van der Waals surface area contributed by atoms with E-state index in [2.05, 4.69) is 15.3 Å². The smallest absolute Gasteiger partial charge is 0.130 e. The Morgan fingerprint density at radius 2 is 1.64 bits per heavy atom. The third-order valence-electron chi connectivity index (χ3n) is 5.39. The van der Waals surface area contributed by atoms with E-state index in [9.17, 15) is 13.2 Å². The predicted octanol–water partition coefficient (Wildman–Crippen LogP) is 6.76. The van der Waals surface area contributed by atoms with Crippen LogP contribution in [0.4, 0.5) is 24.7 Å². The molecule has 2 aromatic carbocycles. The minimum atomic E-state index is -0.561. The average molecular weight is 444 g/mol. The number of alkyl halides is 1. The summed E-state index contributed by atoms with van der Waals surface area (Å²) in [6.45, 7) is -0.429. The number of pyridine rings is 2. The first-order valence-electron chi connectivity index (χ1n) is 10.4. The molecular formula is C26H19F3N4. The van der Waals surface area contributed by atoms with Crippen molar-refractivity contribution in [1.82, 2.24) is 14.5 Å². The molecule has 0 aliphatic heterocycles. The molecule has 0 unspecified atom stereocenters. The van der Waals surface area contributed by atoms with Gasteiger partial charge in [0, 0.05) is 29.2 Å². The fraction of sp³-hybridized carbons (Fsp3) is 0.0769. The third kappa shape index (κ3) is 4.05. The van der Waals surface area contributed by atoms with E-state index < -0.39 is 6.67 Å². The van der Waals surface area contributed by atoms with Gasteiger partial charge in [-0.3, -0.25) is 4.98 Å². The second-order valence-corrected chi connectivity index (χ2v) is 7.51. The molecule has 0 saturated carbocycles. The van der Waals surface area contributed by atoms with Crippen molar-refractivity contribution >= 4 is 22.5 Å². The van der Waals surface area contributed by atoms with Crippen LogP contribution < -0.4 is 5.32 Å². The number of halogens is 3. The quantitative estimate of drug-likeness (QED) is 0.315. The minimum Gasteiger partial charge on any atom is -0.340 e. The van der Waals surface area contributed by atoms with Crippen LogP contribution in [0.1, 0.15) is 0 Å². The number of anilines is 2. The van der Waals surface area contributed by atoms with E-state index in [-0.39, 0.29) is 18.2 Å². The van der Waals surface area contributed by atoms with Gasteiger partial charge in [0.15, 0.2) is 0 Å². The molecule has 0 aliphatic rings. The minimum absolute atomic E-state index is 0.133. The molecule has 164 valence electrons. The summed E-state index contributed by atoms with van der Waals surface area (Å²) >= 11 is 0. The van der Waals surface area contributed by atoms with Crippen molar-refractivity contribution in [2.24, 2.45) is 0 Å². The lowest BCUT2D eigenvalue weighted by Crippen LogP contribution is -2.03. The zero-order valence-electron chi connectivity index (χ0n) is 17.5.